The fourth-order valence-corrected chi connectivity index (χ4v) is 2.56. The van der Waals surface area contributed by atoms with Crippen LogP contribution in [0.15, 0.2) is 24.3 Å². The zero-order valence-corrected chi connectivity index (χ0v) is 11.1. The summed E-state index contributed by atoms with van der Waals surface area (Å²) in [6.07, 6.45) is 0. The summed E-state index contributed by atoms with van der Waals surface area (Å²) in [4.78, 5) is 0. The summed E-state index contributed by atoms with van der Waals surface area (Å²) >= 11 is 2.94. The van der Waals surface area contributed by atoms with Crippen molar-refractivity contribution in [2.75, 3.05) is 4.66 Å². The second kappa shape index (κ2) is 5.09. The number of aryl methyl sites for hydroxylation is 1. The lowest BCUT2D eigenvalue weighted by atomic mass is 10.0. The lowest BCUT2D eigenvalue weighted by molar-refractivity contribution is 0.572. The Kier molecular flexibility index (Phi) is 4.31. The van der Waals surface area contributed by atoms with Crippen molar-refractivity contribution in [3.8, 4) is 0 Å². The highest BCUT2D eigenvalue weighted by atomic mass is 79.9. The average molecular weight is 292 g/mol. The van der Waals surface area contributed by atoms with E-state index in [2.05, 4.69) is 20.7 Å². The van der Waals surface area contributed by atoms with Crippen LogP contribution in [0.4, 0.5) is 0 Å². The molecule has 3 nitrogen and oxygen atoms in total. The van der Waals surface area contributed by atoms with Crippen molar-refractivity contribution in [3.05, 3.63) is 35.4 Å². The predicted molar refractivity (Wildman–Crippen MR) is 65.4 cm³/mol. The molecule has 0 aliphatic carbocycles. The van der Waals surface area contributed by atoms with E-state index in [1.165, 1.54) is 0 Å². The molecule has 15 heavy (non-hydrogen) atoms. The van der Waals surface area contributed by atoms with Crippen LogP contribution in [-0.2, 0) is 10.0 Å². The predicted octanol–water partition coefficient (Wildman–Crippen LogP) is 2.33. The highest BCUT2D eigenvalue weighted by molar-refractivity contribution is 9.10. The topological polar surface area (TPSA) is 46.2 Å². The first kappa shape index (κ1) is 12.7. The molecule has 0 heterocycles. The Bertz CT molecular complexity index is 431. The number of halogens is 1. The molecule has 0 spiro atoms. The summed E-state index contributed by atoms with van der Waals surface area (Å²) in [5.74, 6) is 0. The number of rotatable bonds is 4. The van der Waals surface area contributed by atoms with Crippen molar-refractivity contribution in [2.45, 2.75) is 19.9 Å². The molecule has 0 aromatic heterocycles. The Morgan fingerprint density at radius 1 is 1.40 bits per heavy atom. The molecular formula is C10H14BrNO2S. The maximum absolute atomic E-state index is 11.3. The Morgan fingerprint density at radius 3 is 2.53 bits per heavy atom. The van der Waals surface area contributed by atoms with Gasteiger partial charge in [-0.3, -0.25) is 0 Å². The van der Waals surface area contributed by atoms with Gasteiger partial charge in [-0.2, -0.15) is 0 Å². The van der Waals surface area contributed by atoms with Crippen molar-refractivity contribution in [2.24, 2.45) is 0 Å². The molecule has 1 atom stereocenters. The molecule has 0 amide bonds. The second-order valence-electron chi connectivity index (χ2n) is 3.42. The number of sulfonamides is 1. The standard InChI is InChI=1S/C10H14BrNO2S/c1-8-5-3-4-6-10(8)9(2)12-15(13,14)7-11/h3-6,9,12H,7H2,1-2H3. The van der Waals surface area contributed by atoms with Gasteiger partial charge in [0, 0.05) is 6.04 Å². The first-order chi connectivity index (χ1) is 6.96. The van der Waals surface area contributed by atoms with Crippen LogP contribution in [0.3, 0.4) is 0 Å². The molecular weight excluding hydrogens is 278 g/mol. The van der Waals surface area contributed by atoms with Gasteiger partial charge in [0.1, 0.15) is 4.66 Å². The zero-order valence-electron chi connectivity index (χ0n) is 8.70. The third kappa shape index (κ3) is 3.59. The SMILES string of the molecule is Cc1ccccc1C(C)NS(=O)(=O)CBr. The third-order valence-corrected chi connectivity index (χ3v) is 4.96. The van der Waals surface area contributed by atoms with E-state index in [0.717, 1.165) is 11.1 Å². The van der Waals surface area contributed by atoms with Gasteiger partial charge in [-0.1, -0.05) is 40.2 Å². The fourth-order valence-electron chi connectivity index (χ4n) is 1.44. The van der Waals surface area contributed by atoms with Crippen LogP contribution in [0.2, 0.25) is 0 Å². The molecule has 1 aromatic rings. The maximum Gasteiger partial charge on any atom is 0.222 e. The Hall–Kier alpha value is -0.390. The van der Waals surface area contributed by atoms with Crippen LogP contribution in [-0.4, -0.2) is 13.1 Å². The maximum atomic E-state index is 11.3. The van der Waals surface area contributed by atoms with Crippen LogP contribution in [0.1, 0.15) is 24.1 Å². The molecule has 5 heteroatoms. The lowest BCUT2D eigenvalue weighted by Crippen LogP contribution is -2.27. The summed E-state index contributed by atoms with van der Waals surface area (Å²) in [5.41, 5.74) is 2.09. The number of hydrogen-bond donors (Lipinski definition) is 1. The van der Waals surface area contributed by atoms with Gasteiger partial charge in [0.15, 0.2) is 0 Å². The smallest absolute Gasteiger partial charge is 0.212 e. The number of alkyl halides is 1. The van der Waals surface area contributed by atoms with Crippen LogP contribution in [0, 0.1) is 6.92 Å². The van der Waals surface area contributed by atoms with Crippen LogP contribution in [0.5, 0.6) is 0 Å². The third-order valence-electron chi connectivity index (χ3n) is 2.15. The Labute approximate surface area is 99.1 Å². The van der Waals surface area contributed by atoms with Crippen molar-refractivity contribution < 1.29 is 8.42 Å². The molecule has 1 unspecified atom stereocenters. The summed E-state index contributed by atoms with van der Waals surface area (Å²) in [7, 11) is -3.22. The number of benzene rings is 1. The first-order valence-electron chi connectivity index (χ1n) is 4.58. The molecule has 0 radical (unpaired) electrons. The lowest BCUT2D eigenvalue weighted by Gasteiger charge is -2.15. The number of hydrogen-bond acceptors (Lipinski definition) is 2. The number of nitrogens with one attached hydrogen (secondary N) is 1. The fraction of sp³-hybridized carbons (Fsp3) is 0.400. The molecule has 0 aliphatic rings. The monoisotopic (exact) mass is 291 g/mol. The van der Waals surface area contributed by atoms with E-state index in [-0.39, 0.29) is 10.7 Å². The Morgan fingerprint density at radius 2 is 2.00 bits per heavy atom. The molecule has 0 saturated carbocycles. The van der Waals surface area contributed by atoms with E-state index in [4.69, 9.17) is 0 Å². The van der Waals surface area contributed by atoms with Crippen LogP contribution >= 0.6 is 15.9 Å². The van der Waals surface area contributed by atoms with Crippen LogP contribution < -0.4 is 4.72 Å². The van der Waals surface area contributed by atoms with Gasteiger partial charge >= 0.3 is 0 Å². The molecule has 1 aromatic carbocycles. The quantitative estimate of drug-likeness (QED) is 0.866. The second-order valence-corrected chi connectivity index (χ2v) is 6.48. The van der Waals surface area contributed by atoms with E-state index in [1.807, 2.05) is 38.1 Å². The van der Waals surface area contributed by atoms with E-state index in [9.17, 15) is 8.42 Å². The van der Waals surface area contributed by atoms with Gasteiger partial charge in [0.25, 0.3) is 0 Å². The van der Waals surface area contributed by atoms with E-state index in [0.29, 0.717) is 0 Å². The molecule has 1 rings (SSSR count). The first-order valence-corrected chi connectivity index (χ1v) is 7.35. The Balaban J connectivity index is 2.87. The van der Waals surface area contributed by atoms with Gasteiger partial charge in [-0.25, -0.2) is 13.1 Å². The minimum atomic E-state index is -3.22. The van der Waals surface area contributed by atoms with Gasteiger partial charge in [0.05, 0.1) is 0 Å². The largest absolute Gasteiger partial charge is 0.222 e. The molecule has 0 fully saturated rings. The molecule has 1 N–H and O–H groups in total. The van der Waals surface area contributed by atoms with Crippen molar-refractivity contribution in [1.29, 1.82) is 0 Å². The van der Waals surface area contributed by atoms with Gasteiger partial charge in [-0.15, -0.1) is 0 Å². The van der Waals surface area contributed by atoms with Crippen molar-refractivity contribution in [1.82, 2.24) is 4.72 Å². The molecule has 0 bridgehead atoms. The van der Waals surface area contributed by atoms with E-state index in [1.54, 1.807) is 0 Å². The highest BCUT2D eigenvalue weighted by Gasteiger charge is 2.15. The zero-order chi connectivity index (χ0) is 11.5. The van der Waals surface area contributed by atoms with Crippen molar-refractivity contribution >= 4 is 26.0 Å². The molecule has 0 aliphatic heterocycles. The molecule has 0 saturated heterocycles. The van der Waals surface area contributed by atoms with Gasteiger partial charge in [0.2, 0.25) is 10.0 Å². The van der Waals surface area contributed by atoms with E-state index >= 15 is 0 Å². The van der Waals surface area contributed by atoms with Gasteiger partial charge < -0.3 is 0 Å². The van der Waals surface area contributed by atoms with Gasteiger partial charge in [-0.05, 0) is 25.0 Å². The normalized spacial score (nSPS) is 13.8. The minimum Gasteiger partial charge on any atom is -0.212 e. The summed E-state index contributed by atoms with van der Waals surface area (Å²) in [6, 6.07) is 7.53. The highest BCUT2D eigenvalue weighted by Crippen LogP contribution is 2.17. The molecule has 84 valence electrons. The van der Waals surface area contributed by atoms with E-state index < -0.39 is 10.0 Å². The van der Waals surface area contributed by atoms with Crippen LogP contribution in [0.25, 0.3) is 0 Å². The summed E-state index contributed by atoms with van der Waals surface area (Å²) in [6.45, 7) is 3.80. The average Bonchev–Trinajstić information content (AvgIpc) is 2.17. The summed E-state index contributed by atoms with van der Waals surface area (Å²) in [5, 5.41) is 0. The minimum absolute atomic E-state index is 0.0732. The summed E-state index contributed by atoms with van der Waals surface area (Å²) < 4.78 is 25.2. The van der Waals surface area contributed by atoms with Crippen molar-refractivity contribution in [3.63, 3.8) is 0 Å².